The molecule has 1 aromatic carbocycles. The number of hydrogen-bond acceptors (Lipinski definition) is 8. The lowest BCUT2D eigenvalue weighted by Crippen LogP contribution is -2.47. The van der Waals surface area contributed by atoms with Gasteiger partial charge in [0.25, 0.3) is 5.56 Å². The number of nitrogens with zero attached hydrogens (tertiary/aromatic N) is 6. The van der Waals surface area contributed by atoms with Crippen molar-refractivity contribution < 1.29 is 9.47 Å². The molecule has 10 heteroatoms. The summed E-state index contributed by atoms with van der Waals surface area (Å²) >= 11 is 0. The van der Waals surface area contributed by atoms with E-state index in [9.17, 15) is 4.79 Å². The summed E-state index contributed by atoms with van der Waals surface area (Å²) in [6.45, 7) is 3.76. The maximum absolute atomic E-state index is 13.4. The Labute approximate surface area is 191 Å². The highest BCUT2D eigenvalue weighted by molar-refractivity contribution is 5.83. The third-order valence-corrected chi connectivity index (χ3v) is 7.25. The Bertz CT molecular complexity index is 1210. The molecule has 6 rings (SSSR count). The van der Waals surface area contributed by atoms with Gasteiger partial charge in [0.15, 0.2) is 17.3 Å². The summed E-state index contributed by atoms with van der Waals surface area (Å²) in [5.74, 6) is 2.11. The second-order valence-electron chi connectivity index (χ2n) is 9.36. The van der Waals surface area contributed by atoms with E-state index in [4.69, 9.17) is 9.47 Å². The molecule has 0 bridgehead atoms. The average Bonchev–Trinajstić information content (AvgIpc) is 3.49. The van der Waals surface area contributed by atoms with Crippen LogP contribution >= 0.6 is 0 Å². The third kappa shape index (κ3) is 3.76. The minimum absolute atomic E-state index is 0.122. The van der Waals surface area contributed by atoms with Crippen LogP contribution in [0.3, 0.4) is 0 Å². The molecule has 1 aliphatic carbocycles. The van der Waals surface area contributed by atoms with Gasteiger partial charge in [-0.1, -0.05) is 19.3 Å². The van der Waals surface area contributed by atoms with Crippen molar-refractivity contribution in [2.45, 2.75) is 44.2 Å². The Kier molecular flexibility index (Phi) is 5.26. The quantitative estimate of drug-likeness (QED) is 0.644. The van der Waals surface area contributed by atoms with Crippen molar-refractivity contribution in [3.63, 3.8) is 0 Å². The van der Waals surface area contributed by atoms with E-state index in [0.29, 0.717) is 17.1 Å². The summed E-state index contributed by atoms with van der Waals surface area (Å²) < 4.78 is 13.0. The molecule has 0 unspecified atom stereocenters. The van der Waals surface area contributed by atoms with Crippen LogP contribution in [-0.4, -0.2) is 75.0 Å². The number of benzene rings is 1. The Morgan fingerprint density at radius 2 is 1.79 bits per heavy atom. The van der Waals surface area contributed by atoms with E-state index in [-0.39, 0.29) is 24.4 Å². The zero-order valence-electron chi connectivity index (χ0n) is 18.9. The monoisotopic (exact) mass is 451 g/mol. The minimum atomic E-state index is -0.311. The van der Waals surface area contributed by atoms with Gasteiger partial charge in [-0.2, -0.15) is 0 Å². The lowest BCUT2D eigenvalue weighted by atomic mass is 9.95. The minimum Gasteiger partial charge on any atom is -0.454 e. The number of pyridine rings is 1. The second-order valence-corrected chi connectivity index (χ2v) is 9.36. The highest BCUT2D eigenvalue weighted by Crippen LogP contribution is 2.37. The van der Waals surface area contributed by atoms with Crippen LogP contribution in [0, 0.1) is 0 Å². The number of nitrogens with one attached hydrogen (secondary N) is 1. The molecule has 3 aliphatic rings. The highest BCUT2D eigenvalue weighted by atomic mass is 16.7. The van der Waals surface area contributed by atoms with Crippen molar-refractivity contribution in [1.82, 2.24) is 35.0 Å². The molecule has 1 saturated carbocycles. The SMILES string of the molecule is CN1CCN([C@H](c2cc3cc4c(cc3[nH]c2=O)OCO4)c2nnnn2C2CCCCC2)CC1. The third-order valence-electron chi connectivity index (χ3n) is 7.25. The topological polar surface area (TPSA) is 101 Å². The Morgan fingerprint density at radius 3 is 2.58 bits per heavy atom. The molecule has 0 radical (unpaired) electrons. The lowest BCUT2D eigenvalue weighted by molar-refractivity contribution is 0.119. The van der Waals surface area contributed by atoms with Crippen molar-refractivity contribution in [3.05, 3.63) is 39.9 Å². The fourth-order valence-corrected chi connectivity index (χ4v) is 5.36. The molecule has 174 valence electrons. The van der Waals surface area contributed by atoms with Crippen LogP contribution in [0.5, 0.6) is 11.5 Å². The molecule has 0 amide bonds. The number of piperazine rings is 1. The Morgan fingerprint density at radius 1 is 1.03 bits per heavy atom. The molecular formula is C23H29N7O3. The van der Waals surface area contributed by atoms with E-state index in [2.05, 4.69) is 37.4 Å². The smallest absolute Gasteiger partial charge is 0.253 e. The molecule has 4 heterocycles. The van der Waals surface area contributed by atoms with Crippen molar-refractivity contribution in [2.75, 3.05) is 40.0 Å². The highest BCUT2D eigenvalue weighted by Gasteiger charge is 2.34. The maximum Gasteiger partial charge on any atom is 0.253 e. The second kappa shape index (κ2) is 8.42. The molecule has 2 aliphatic heterocycles. The standard InChI is InChI=1S/C23H29N7O3/c1-28-7-9-29(10-8-28)21(22-25-26-27-30(22)16-5-3-2-4-6-16)17-11-15-12-19-20(33-14-32-19)13-18(15)24-23(17)31/h11-13,16,21H,2-10,14H2,1H3,(H,24,31)/t21-/m1/s1. The number of tetrazole rings is 1. The van der Waals surface area contributed by atoms with Crippen LogP contribution in [0.25, 0.3) is 10.9 Å². The number of aromatic nitrogens is 5. The van der Waals surface area contributed by atoms with Gasteiger partial charge in [0.2, 0.25) is 6.79 Å². The van der Waals surface area contributed by atoms with E-state index in [1.807, 2.05) is 22.9 Å². The molecule has 0 spiro atoms. The predicted molar refractivity (Wildman–Crippen MR) is 122 cm³/mol. The first kappa shape index (κ1) is 20.6. The molecule has 33 heavy (non-hydrogen) atoms. The number of hydrogen-bond donors (Lipinski definition) is 1. The Balaban J connectivity index is 1.47. The Hall–Kier alpha value is -2.98. The first-order valence-corrected chi connectivity index (χ1v) is 11.8. The van der Waals surface area contributed by atoms with Crippen molar-refractivity contribution >= 4 is 10.9 Å². The van der Waals surface area contributed by atoms with Crippen molar-refractivity contribution in [3.8, 4) is 11.5 Å². The first-order valence-electron chi connectivity index (χ1n) is 11.8. The fraction of sp³-hybridized carbons (Fsp3) is 0.565. The molecule has 3 aromatic rings. The normalized spacial score (nSPS) is 21.0. The van der Waals surface area contributed by atoms with E-state index in [1.165, 1.54) is 19.3 Å². The summed E-state index contributed by atoms with van der Waals surface area (Å²) in [7, 11) is 2.13. The number of fused-ring (bicyclic) bond motifs is 2. The fourth-order valence-electron chi connectivity index (χ4n) is 5.36. The van der Waals surface area contributed by atoms with Gasteiger partial charge < -0.3 is 19.4 Å². The van der Waals surface area contributed by atoms with Crippen molar-refractivity contribution in [1.29, 1.82) is 0 Å². The lowest BCUT2D eigenvalue weighted by Gasteiger charge is -2.37. The van der Waals surface area contributed by atoms with Gasteiger partial charge in [-0.25, -0.2) is 4.68 Å². The number of aromatic amines is 1. The predicted octanol–water partition coefficient (Wildman–Crippen LogP) is 2.09. The molecule has 1 N–H and O–H groups in total. The van der Waals surface area contributed by atoms with E-state index in [0.717, 1.165) is 55.7 Å². The summed E-state index contributed by atoms with van der Waals surface area (Å²) in [6, 6.07) is 5.71. The van der Waals surface area contributed by atoms with Crippen LogP contribution in [0.2, 0.25) is 0 Å². The van der Waals surface area contributed by atoms with Gasteiger partial charge in [0.05, 0.1) is 11.6 Å². The van der Waals surface area contributed by atoms with E-state index >= 15 is 0 Å². The van der Waals surface area contributed by atoms with Gasteiger partial charge in [0, 0.05) is 43.2 Å². The van der Waals surface area contributed by atoms with E-state index < -0.39 is 0 Å². The summed E-state index contributed by atoms with van der Waals surface area (Å²) in [5, 5.41) is 13.9. The summed E-state index contributed by atoms with van der Waals surface area (Å²) in [5.41, 5.74) is 1.28. The van der Waals surface area contributed by atoms with Crippen LogP contribution in [-0.2, 0) is 0 Å². The summed E-state index contributed by atoms with van der Waals surface area (Å²) in [6.07, 6.45) is 5.78. The number of ether oxygens (including phenoxy) is 2. The van der Waals surface area contributed by atoms with Crippen LogP contribution < -0.4 is 15.0 Å². The number of H-pyrrole nitrogens is 1. The zero-order valence-corrected chi connectivity index (χ0v) is 18.9. The largest absolute Gasteiger partial charge is 0.454 e. The van der Waals surface area contributed by atoms with Crippen LogP contribution in [0.1, 0.15) is 55.6 Å². The van der Waals surface area contributed by atoms with Gasteiger partial charge in [-0.15, -0.1) is 5.10 Å². The van der Waals surface area contributed by atoms with Gasteiger partial charge in [0.1, 0.15) is 6.04 Å². The molecule has 1 atom stereocenters. The zero-order chi connectivity index (χ0) is 22.4. The molecule has 1 saturated heterocycles. The first-order chi connectivity index (χ1) is 16.2. The molecule has 10 nitrogen and oxygen atoms in total. The molecule has 2 aromatic heterocycles. The van der Waals surface area contributed by atoms with Crippen LogP contribution in [0.15, 0.2) is 23.0 Å². The number of rotatable bonds is 4. The van der Waals surface area contributed by atoms with Crippen molar-refractivity contribution in [2.24, 2.45) is 0 Å². The van der Waals surface area contributed by atoms with Gasteiger partial charge in [-0.3, -0.25) is 9.69 Å². The van der Waals surface area contributed by atoms with Crippen LogP contribution in [0.4, 0.5) is 0 Å². The maximum atomic E-state index is 13.4. The molecule has 2 fully saturated rings. The molecular weight excluding hydrogens is 422 g/mol. The number of likely N-dealkylation sites (N-methyl/N-ethyl adjacent to an activating group) is 1. The van der Waals surface area contributed by atoms with E-state index in [1.54, 1.807) is 0 Å². The van der Waals surface area contributed by atoms with Gasteiger partial charge >= 0.3 is 0 Å². The van der Waals surface area contributed by atoms with Gasteiger partial charge in [-0.05, 0) is 42.4 Å². The summed E-state index contributed by atoms with van der Waals surface area (Å²) in [4.78, 5) is 21.1. The average molecular weight is 452 g/mol.